The SMILES string of the molecule is CS(=O)(=O)N(Cc1ccccn1)c1ccc(Cl)cc1. The first kappa shape index (κ1) is 13.8. The highest BCUT2D eigenvalue weighted by molar-refractivity contribution is 7.92. The fraction of sp³-hybridized carbons (Fsp3) is 0.154. The predicted molar refractivity (Wildman–Crippen MR) is 76.7 cm³/mol. The molecule has 0 fully saturated rings. The molecule has 2 rings (SSSR count). The van der Waals surface area contributed by atoms with Gasteiger partial charge in [0.25, 0.3) is 0 Å². The molecule has 1 aromatic carbocycles. The van der Waals surface area contributed by atoms with Gasteiger partial charge in [-0.1, -0.05) is 17.7 Å². The van der Waals surface area contributed by atoms with Crippen LogP contribution in [0.4, 0.5) is 5.69 Å². The van der Waals surface area contributed by atoms with E-state index in [1.54, 1.807) is 42.6 Å². The van der Waals surface area contributed by atoms with Crippen LogP contribution in [0.1, 0.15) is 5.69 Å². The molecule has 2 aromatic rings. The van der Waals surface area contributed by atoms with Crippen LogP contribution in [0.15, 0.2) is 48.7 Å². The Labute approximate surface area is 117 Å². The minimum Gasteiger partial charge on any atom is -0.264 e. The Hall–Kier alpha value is -1.59. The number of aromatic nitrogens is 1. The first-order chi connectivity index (χ1) is 8.97. The lowest BCUT2D eigenvalue weighted by molar-refractivity contribution is 0.596. The van der Waals surface area contributed by atoms with Crippen LogP contribution in [0.25, 0.3) is 0 Å². The largest absolute Gasteiger partial charge is 0.264 e. The lowest BCUT2D eigenvalue weighted by atomic mass is 10.3. The van der Waals surface area contributed by atoms with E-state index < -0.39 is 10.0 Å². The smallest absolute Gasteiger partial charge is 0.232 e. The van der Waals surface area contributed by atoms with Crippen LogP contribution >= 0.6 is 11.6 Å². The summed E-state index contributed by atoms with van der Waals surface area (Å²) < 4.78 is 25.1. The molecular formula is C13H13ClN2O2S. The maximum Gasteiger partial charge on any atom is 0.232 e. The van der Waals surface area contributed by atoms with E-state index in [1.165, 1.54) is 10.6 Å². The van der Waals surface area contributed by atoms with Crippen LogP contribution in [-0.4, -0.2) is 19.7 Å². The van der Waals surface area contributed by atoms with Gasteiger partial charge in [-0.25, -0.2) is 8.42 Å². The maximum atomic E-state index is 11.9. The molecular weight excluding hydrogens is 284 g/mol. The van der Waals surface area contributed by atoms with Crippen molar-refractivity contribution < 1.29 is 8.42 Å². The van der Waals surface area contributed by atoms with Crippen LogP contribution in [0.3, 0.4) is 0 Å². The Morgan fingerprint density at radius 3 is 2.37 bits per heavy atom. The molecule has 0 saturated carbocycles. The predicted octanol–water partition coefficient (Wildman–Crippen LogP) is 2.70. The Morgan fingerprint density at radius 1 is 1.16 bits per heavy atom. The van der Waals surface area contributed by atoms with Gasteiger partial charge >= 0.3 is 0 Å². The summed E-state index contributed by atoms with van der Waals surface area (Å²) in [7, 11) is -3.38. The van der Waals surface area contributed by atoms with Crippen LogP contribution in [-0.2, 0) is 16.6 Å². The van der Waals surface area contributed by atoms with Crippen molar-refractivity contribution in [3.8, 4) is 0 Å². The van der Waals surface area contributed by atoms with Crippen LogP contribution < -0.4 is 4.31 Å². The standard InChI is InChI=1S/C13H13ClN2O2S/c1-19(17,18)16(10-12-4-2-3-9-15-12)13-7-5-11(14)6-8-13/h2-9H,10H2,1H3. The number of halogens is 1. The fourth-order valence-corrected chi connectivity index (χ4v) is 2.64. The summed E-state index contributed by atoms with van der Waals surface area (Å²) in [4.78, 5) is 4.14. The van der Waals surface area contributed by atoms with E-state index in [4.69, 9.17) is 11.6 Å². The van der Waals surface area contributed by atoms with Gasteiger partial charge in [0.05, 0.1) is 24.2 Å². The van der Waals surface area contributed by atoms with Crippen molar-refractivity contribution in [1.82, 2.24) is 4.98 Å². The second kappa shape index (κ2) is 5.59. The van der Waals surface area contributed by atoms with Gasteiger partial charge < -0.3 is 0 Å². The summed E-state index contributed by atoms with van der Waals surface area (Å²) in [5.74, 6) is 0. The number of benzene rings is 1. The quantitative estimate of drug-likeness (QED) is 0.871. The van der Waals surface area contributed by atoms with Crippen LogP contribution in [0, 0.1) is 0 Å². The lowest BCUT2D eigenvalue weighted by Crippen LogP contribution is -2.29. The third-order valence-corrected chi connectivity index (χ3v) is 3.94. The Morgan fingerprint density at radius 2 is 1.84 bits per heavy atom. The third kappa shape index (κ3) is 3.68. The zero-order valence-corrected chi connectivity index (χ0v) is 11.9. The second-order valence-electron chi connectivity index (χ2n) is 4.07. The topological polar surface area (TPSA) is 50.3 Å². The molecule has 0 atom stereocenters. The molecule has 0 spiro atoms. The molecule has 100 valence electrons. The number of hydrogen-bond donors (Lipinski definition) is 0. The van der Waals surface area contributed by atoms with E-state index in [-0.39, 0.29) is 6.54 Å². The Balaban J connectivity index is 2.35. The van der Waals surface area contributed by atoms with Crippen molar-refractivity contribution in [2.45, 2.75) is 6.54 Å². The number of nitrogens with zero attached hydrogens (tertiary/aromatic N) is 2. The van der Waals surface area contributed by atoms with Gasteiger partial charge in [-0.15, -0.1) is 0 Å². The lowest BCUT2D eigenvalue weighted by Gasteiger charge is -2.22. The molecule has 0 bridgehead atoms. The van der Waals surface area contributed by atoms with Crippen molar-refractivity contribution >= 4 is 27.3 Å². The Kier molecular flexibility index (Phi) is 4.07. The summed E-state index contributed by atoms with van der Waals surface area (Å²) in [6.45, 7) is 0.196. The molecule has 6 heteroatoms. The zero-order chi connectivity index (χ0) is 13.9. The first-order valence-corrected chi connectivity index (χ1v) is 7.82. The maximum absolute atomic E-state index is 11.9. The van der Waals surface area contributed by atoms with Gasteiger partial charge in [0.2, 0.25) is 10.0 Å². The van der Waals surface area contributed by atoms with Gasteiger partial charge in [0.15, 0.2) is 0 Å². The number of anilines is 1. The van der Waals surface area contributed by atoms with Gasteiger partial charge in [0, 0.05) is 11.2 Å². The highest BCUT2D eigenvalue weighted by atomic mass is 35.5. The molecule has 19 heavy (non-hydrogen) atoms. The van der Waals surface area contributed by atoms with E-state index in [0.29, 0.717) is 16.4 Å². The molecule has 1 aromatic heterocycles. The van der Waals surface area contributed by atoms with Crippen LogP contribution in [0.5, 0.6) is 0 Å². The summed E-state index contributed by atoms with van der Waals surface area (Å²) in [5, 5.41) is 0.565. The van der Waals surface area contributed by atoms with E-state index >= 15 is 0 Å². The number of sulfonamides is 1. The molecule has 0 N–H and O–H groups in total. The van der Waals surface area contributed by atoms with E-state index in [2.05, 4.69) is 4.98 Å². The molecule has 0 unspecified atom stereocenters. The first-order valence-electron chi connectivity index (χ1n) is 5.60. The molecule has 4 nitrogen and oxygen atoms in total. The summed E-state index contributed by atoms with van der Waals surface area (Å²) in [5.41, 5.74) is 1.25. The fourth-order valence-electron chi connectivity index (χ4n) is 1.65. The number of pyridine rings is 1. The van der Waals surface area contributed by atoms with E-state index in [0.717, 1.165) is 0 Å². The van der Waals surface area contributed by atoms with E-state index in [9.17, 15) is 8.42 Å². The van der Waals surface area contributed by atoms with Gasteiger partial charge in [0.1, 0.15) is 0 Å². The second-order valence-corrected chi connectivity index (χ2v) is 6.41. The molecule has 1 heterocycles. The van der Waals surface area contributed by atoms with Crippen molar-refractivity contribution in [3.05, 3.63) is 59.4 Å². The summed E-state index contributed by atoms with van der Waals surface area (Å²) in [6.07, 6.45) is 2.81. The minimum absolute atomic E-state index is 0.196. The van der Waals surface area contributed by atoms with Gasteiger partial charge in [-0.2, -0.15) is 0 Å². The van der Waals surface area contributed by atoms with Gasteiger partial charge in [-0.3, -0.25) is 9.29 Å². The third-order valence-electron chi connectivity index (χ3n) is 2.55. The van der Waals surface area contributed by atoms with Crippen LogP contribution in [0.2, 0.25) is 5.02 Å². The molecule has 0 saturated heterocycles. The molecule has 0 amide bonds. The highest BCUT2D eigenvalue weighted by Gasteiger charge is 2.18. The molecule has 0 aliphatic heterocycles. The number of rotatable bonds is 4. The van der Waals surface area contributed by atoms with E-state index in [1.807, 2.05) is 6.07 Å². The van der Waals surface area contributed by atoms with Gasteiger partial charge in [-0.05, 0) is 36.4 Å². The molecule has 0 aliphatic carbocycles. The molecule has 0 aliphatic rings. The van der Waals surface area contributed by atoms with Crippen molar-refractivity contribution in [2.24, 2.45) is 0 Å². The zero-order valence-electron chi connectivity index (χ0n) is 10.3. The molecule has 0 radical (unpaired) electrons. The average Bonchev–Trinajstić information content (AvgIpc) is 2.37. The normalized spacial score (nSPS) is 11.3. The highest BCUT2D eigenvalue weighted by Crippen LogP contribution is 2.22. The minimum atomic E-state index is -3.38. The summed E-state index contributed by atoms with van der Waals surface area (Å²) >= 11 is 5.81. The van der Waals surface area contributed by atoms with Crippen molar-refractivity contribution in [3.63, 3.8) is 0 Å². The monoisotopic (exact) mass is 296 g/mol. The summed E-state index contributed by atoms with van der Waals surface area (Å²) in [6, 6.07) is 12.1. The van der Waals surface area contributed by atoms with Crippen molar-refractivity contribution in [1.29, 1.82) is 0 Å². The number of hydrogen-bond acceptors (Lipinski definition) is 3. The van der Waals surface area contributed by atoms with Crippen molar-refractivity contribution in [2.75, 3.05) is 10.6 Å². The average molecular weight is 297 g/mol. The Bertz CT molecular complexity index is 642.